The highest BCUT2D eigenvalue weighted by Crippen LogP contribution is 2.32. The molecular formula is C13H19Cl3N2O2. The summed E-state index contributed by atoms with van der Waals surface area (Å²) in [5, 5.41) is 3.39. The number of nitrogens with two attached hydrogens (primary N) is 1. The molecular weight excluding hydrogens is 323 g/mol. The van der Waals surface area contributed by atoms with Gasteiger partial charge in [0, 0.05) is 12.1 Å². The molecule has 0 saturated carbocycles. The zero-order valence-electron chi connectivity index (χ0n) is 11.6. The van der Waals surface area contributed by atoms with Crippen LogP contribution < -0.4 is 15.8 Å². The van der Waals surface area contributed by atoms with Crippen LogP contribution in [0.15, 0.2) is 18.2 Å². The van der Waals surface area contributed by atoms with Crippen LogP contribution in [0.4, 0.5) is 0 Å². The van der Waals surface area contributed by atoms with Crippen molar-refractivity contribution in [3.05, 3.63) is 28.2 Å². The molecule has 0 aromatic heterocycles. The molecule has 0 aliphatic heterocycles. The number of halogens is 3. The van der Waals surface area contributed by atoms with E-state index in [9.17, 15) is 4.79 Å². The number of benzene rings is 1. The maximum Gasteiger partial charge on any atom is 0.260 e. The summed E-state index contributed by atoms with van der Waals surface area (Å²) < 4.78 is 5.48. The lowest BCUT2D eigenvalue weighted by atomic mass is 10.1. The van der Waals surface area contributed by atoms with Gasteiger partial charge in [0.25, 0.3) is 5.91 Å². The van der Waals surface area contributed by atoms with Crippen LogP contribution in [0.25, 0.3) is 0 Å². The molecule has 0 saturated heterocycles. The van der Waals surface area contributed by atoms with E-state index >= 15 is 0 Å². The van der Waals surface area contributed by atoms with Crippen molar-refractivity contribution in [1.82, 2.24) is 5.32 Å². The van der Waals surface area contributed by atoms with Crippen LogP contribution in [-0.4, -0.2) is 24.1 Å². The van der Waals surface area contributed by atoms with Gasteiger partial charge in [0.15, 0.2) is 6.10 Å². The Hall–Kier alpha value is -0.680. The molecule has 4 nitrogen and oxygen atoms in total. The first-order chi connectivity index (χ1) is 8.70. The fourth-order valence-corrected chi connectivity index (χ4v) is 1.61. The van der Waals surface area contributed by atoms with Crippen molar-refractivity contribution in [3.63, 3.8) is 0 Å². The van der Waals surface area contributed by atoms with E-state index < -0.39 is 11.6 Å². The molecule has 3 N–H and O–H groups in total. The molecule has 0 aliphatic carbocycles. The van der Waals surface area contributed by atoms with E-state index in [0.29, 0.717) is 22.3 Å². The van der Waals surface area contributed by atoms with E-state index in [2.05, 4.69) is 5.32 Å². The van der Waals surface area contributed by atoms with Gasteiger partial charge in [-0.25, -0.2) is 0 Å². The maximum atomic E-state index is 11.8. The molecule has 1 atom stereocenters. The number of hydrogen-bond donors (Lipinski definition) is 2. The SMILES string of the molecule is CC(Oc1cccc(Cl)c1Cl)C(=O)NCC(C)(C)N.Cl. The highest BCUT2D eigenvalue weighted by atomic mass is 35.5. The van der Waals surface area contributed by atoms with Gasteiger partial charge in [0.1, 0.15) is 10.8 Å². The summed E-state index contributed by atoms with van der Waals surface area (Å²) in [6.45, 7) is 5.65. The predicted octanol–water partition coefficient (Wildman–Crippen LogP) is 3.04. The van der Waals surface area contributed by atoms with Crippen molar-refractivity contribution in [2.75, 3.05) is 6.54 Å². The number of ether oxygens (including phenoxy) is 1. The van der Waals surface area contributed by atoms with Crippen LogP contribution in [0.1, 0.15) is 20.8 Å². The molecule has 0 bridgehead atoms. The topological polar surface area (TPSA) is 64.3 Å². The summed E-state index contributed by atoms with van der Waals surface area (Å²) in [6.07, 6.45) is -0.682. The van der Waals surface area contributed by atoms with Crippen molar-refractivity contribution < 1.29 is 9.53 Å². The Morgan fingerprint density at radius 1 is 1.45 bits per heavy atom. The molecule has 0 aliphatic rings. The number of carbonyl (C=O) groups is 1. The molecule has 1 amide bonds. The first kappa shape index (κ1) is 19.3. The third kappa shape index (κ3) is 6.18. The van der Waals surface area contributed by atoms with E-state index in [0.717, 1.165) is 0 Å². The second-order valence-corrected chi connectivity index (χ2v) is 5.80. The summed E-state index contributed by atoms with van der Waals surface area (Å²) in [7, 11) is 0. The molecule has 1 unspecified atom stereocenters. The average Bonchev–Trinajstić information content (AvgIpc) is 2.31. The zero-order valence-corrected chi connectivity index (χ0v) is 13.9. The lowest BCUT2D eigenvalue weighted by Gasteiger charge is -2.21. The Kier molecular flexibility index (Phi) is 7.66. The molecule has 0 spiro atoms. The van der Waals surface area contributed by atoms with Crippen molar-refractivity contribution in [2.45, 2.75) is 32.4 Å². The van der Waals surface area contributed by atoms with Gasteiger partial charge in [0.2, 0.25) is 0 Å². The minimum Gasteiger partial charge on any atom is -0.479 e. The number of rotatable bonds is 5. The Morgan fingerprint density at radius 3 is 2.60 bits per heavy atom. The van der Waals surface area contributed by atoms with Crippen LogP contribution in [-0.2, 0) is 4.79 Å². The highest BCUT2D eigenvalue weighted by molar-refractivity contribution is 6.42. The van der Waals surface area contributed by atoms with Gasteiger partial charge in [-0.05, 0) is 32.9 Å². The maximum absolute atomic E-state index is 11.8. The quantitative estimate of drug-likeness (QED) is 0.865. The summed E-state index contributed by atoms with van der Waals surface area (Å²) >= 11 is 11.9. The van der Waals surface area contributed by atoms with Gasteiger partial charge in [0.05, 0.1) is 5.02 Å². The number of amides is 1. The van der Waals surface area contributed by atoms with Crippen LogP contribution in [0.3, 0.4) is 0 Å². The molecule has 7 heteroatoms. The third-order valence-electron chi connectivity index (χ3n) is 2.31. The predicted molar refractivity (Wildman–Crippen MR) is 85.1 cm³/mol. The van der Waals surface area contributed by atoms with Crippen molar-refractivity contribution in [1.29, 1.82) is 0 Å². The summed E-state index contributed by atoms with van der Waals surface area (Å²) in [5.74, 6) is 0.124. The molecule has 1 aromatic carbocycles. The van der Waals surface area contributed by atoms with Crippen molar-refractivity contribution in [2.24, 2.45) is 5.73 Å². The van der Waals surface area contributed by atoms with E-state index in [1.54, 1.807) is 25.1 Å². The molecule has 0 radical (unpaired) electrons. The minimum atomic E-state index is -0.682. The number of carbonyl (C=O) groups excluding carboxylic acids is 1. The number of hydrogen-bond acceptors (Lipinski definition) is 3. The lowest BCUT2D eigenvalue weighted by molar-refractivity contribution is -0.127. The third-order valence-corrected chi connectivity index (χ3v) is 3.11. The highest BCUT2D eigenvalue weighted by Gasteiger charge is 2.19. The average molecular weight is 342 g/mol. The van der Waals surface area contributed by atoms with Crippen LogP contribution in [0, 0.1) is 0 Å². The van der Waals surface area contributed by atoms with E-state index in [1.165, 1.54) is 0 Å². The van der Waals surface area contributed by atoms with Gasteiger partial charge in [-0.1, -0.05) is 29.3 Å². The second-order valence-electron chi connectivity index (χ2n) is 5.02. The summed E-state index contributed by atoms with van der Waals surface area (Å²) in [6, 6.07) is 5.01. The molecule has 1 rings (SSSR count). The van der Waals surface area contributed by atoms with E-state index in [-0.39, 0.29) is 18.3 Å². The monoisotopic (exact) mass is 340 g/mol. The molecule has 114 valence electrons. The van der Waals surface area contributed by atoms with Crippen molar-refractivity contribution >= 4 is 41.5 Å². The van der Waals surface area contributed by atoms with E-state index in [4.69, 9.17) is 33.7 Å². The second kappa shape index (κ2) is 7.93. The summed E-state index contributed by atoms with van der Waals surface area (Å²) in [4.78, 5) is 11.8. The zero-order chi connectivity index (χ0) is 14.6. The first-order valence-electron chi connectivity index (χ1n) is 5.88. The summed E-state index contributed by atoms with van der Waals surface area (Å²) in [5.41, 5.74) is 5.32. The Balaban J connectivity index is 0.00000361. The standard InChI is InChI=1S/C13H18Cl2N2O2.ClH/c1-8(12(18)17-7-13(2,3)16)19-10-6-4-5-9(14)11(10)15;/h4-6,8H,7,16H2,1-3H3,(H,17,18);1H. The van der Waals surface area contributed by atoms with Crippen LogP contribution in [0.2, 0.25) is 10.0 Å². The van der Waals surface area contributed by atoms with Gasteiger partial charge in [-0.3, -0.25) is 4.79 Å². The van der Waals surface area contributed by atoms with Gasteiger partial charge in [-0.2, -0.15) is 0 Å². The molecule has 20 heavy (non-hydrogen) atoms. The minimum absolute atomic E-state index is 0. The Labute approximate surface area is 135 Å². The van der Waals surface area contributed by atoms with Crippen LogP contribution >= 0.6 is 35.6 Å². The van der Waals surface area contributed by atoms with Crippen molar-refractivity contribution in [3.8, 4) is 5.75 Å². The fourth-order valence-electron chi connectivity index (χ4n) is 1.28. The largest absolute Gasteiger partial charge is 0.479 e. The smallest absolute Gasteiger partial charge is 0.260 e. The lowest BCUT2D eigenvalue weighted by Crippen LogP contribution is -2.48. The van der Waals surface area contributed by atoms with E-state index in [1.807, 2.05) is 13.8 Å². The fraction of sp³-hybridized carbons (Fsp3) is 0.462. The van der Waals surface area contributed by atoms with Gasteiger partial charge in [-0.15, -0.1) is 12.4 Å². The number of nitrogens with one attached hydrogen (secondary N) is 1. The van der Waals surface area contributed by atoms with Crippen LogP contribution in [0.5, 0.6) is 5.75 Å². The normalized spacial score (nSPS) is 12.3. The molecule has 1 aromatic rings. The van der Waals surface area contributed by atoms with Gasteiger partial charge >= 0.3 is 0 Å². The first-order valence-corrected chi connectivity index (χ1v) is 6.63. The molecule has 0 fully saturated rings. The Morgan fingerprint density at radius 2 is 2.05 bits per heavy atom. The Bertz CT molecular complexity index is 461. The van der Waals surface area contributed by atoms with Gasteiger partial charge < -0.3 is 15.8 Å². The molecule has 0 heterocycles.